The van der Waals surface area contributed by atoms with Gasteiger partial charge < -0.3 is 11.1 Å². The van der Waals surface area contributed by atoms with Crippen LogP contribution in [0, 0.1) is 19.7 Å². The Balaban J connectivity index is 2.10. The lowest BCUT2D eigenvalue weighted by Gasteiger charge is -2.27. The van der Waals surface area contributed by atoms with Crippen LogP contribution in [0.2, 0.25) is 5.02 Å². The number of guanidine groups is 1. The molecule has 0 aliphatic carbocycles. The van der Waals surface area contributed by atoms with Crippen molar-refractivity contribution in [2.45, 2.75) is 27.2 Å². The van der Waals surface area contributed by atoms with E-state index in [-0.39, 0.29) is 27.7 Å². The number of carbonyl (C=O) groups is 1. The molecule has 1 amide bonds. The minimum Gasteiger partial charge on any atom is -0.369 e. The van der Waals surface area contributed by atoms with Crippen LogP contribution in [0.1, 0.15) is 24.7 Å². The molecule has 28 heavy (non-hydrogen) atoms. The summed E-state index contributed by atoms with van der Waals surface area (Å²) in [6.07, 6.45) is -0.0824. The van der Waals surface area contributed by atoms with E-state index in [1.165, 1.54) is 12.1 Å². The number of quaternary nitrogens is 1. The molecular weight excluding hydrogens is 383 g/mol. The second-order valence-corrected chi connectivity index (χ2v) is 6.92. The van der Waals surface area contributed by atoms with Crippen molar-refractivity contribution < 1.29 is 9.18 Å². The average molecular weight is 404 g/mol. The normalized spacial score (nSPS) is 18.6. The third-order valence-corrected chi connectivity index (χ3v) is 4.70. The van der Waals surface area contributed by atoms with E-state index in [4.69, 9.17) is 17.3 Å². The Morgan fingerprint density at radius 2 is 1.96 bits per heavy atom. The molecule has 9 heteroatoms. The molecule has 0 saturated carbocycles. The molecular formula is C19H21ClFN6O+. The van der Waals surface area contributed by atoms with Crippen molar-refractivity contribution in [3.8, 4) is 0 Å². The second kappa shape index (κ2) is 7.65. The Morgan fingerprint density at radius 3 is 2.57 bits per heavy atom. The number of primary amides is 1. The Kier molecular flexibility index (Phi) is 5.44. The Labute approximate surface area is 167 Å². The standard InChI is InChI=1S/C19H20ClFN6O/c1-4-27(13-8-11(2)23-12(3)9-13)17(10-16(22)28)25-19(26-27)24-15-7-5-6-14(20)18(15)21/h5-9H,4,10H2,1-3H3,(H2-,22,24,26,28)/p+1. The van der Waals surface area contributed by atoms with Gasteiger partial charge in [0.05, 0.1) is 10.7 Å². The first-order chi connectivity index (χ1) is 13.2. The summed E-state index contributed by atoms with van der Waals surface area (Å²) in [4.78, 5) is 20.5. The van der Waals surface area contributed by atoms with Crippen LogP contribution in [0.4, 0.5) is 15.8 Å². The van der Waals surface area contributed by atoms with Crippen molar-refractivity contribution in [3.05, 3.63) is 52.6 Å². The average Bonchev–Trinajstić information content (AvgIpc) is 2.95. The van der Waals surface area contributed by atoms with Crippen molar-refractivity contribution in [3.63, 3.8) is 0 Å². The van der Waals surface area contributed by atoms with Crippen LogP contribution in [-0.4, -0.2) is 29.2 Å². The van der Waals surface area contributed by atoms with Gasteiger partial charge in [-0.25, -0.2) is 4.39 Å². The Hall–Kier alpha value is -2.84. The smallest absolute Gasteiger partial charge is 0.286 e. The van der Waals surface area contributed by atoms with Gasteiger partial charge in [0.1, 0.15) is 13.0 Å². The quantitative estimate of drug-likeness (QED) is 0.748. The highest BCUT2D eigenvalue weighted by Gasteiger charge is 2.43. The van der Waals surface area contributed by atoms with Gasteiger partial charge in [0.2, 0.25) is 11.7 Å². The van der Waals surface area contributed by atoms with Crippen LogP contribution in [-0.2, 0) is 4.79 Å². The number of hydrogen-bond donors (Lipinski definition) is 2. The number of aryl methyl sites for hydroxylation is 2. The number of rotatable bonds is 5. The summed E-state index contributed by atoms with van der Waals surface area (Å²) in [7, 11) is 0. The van der Waals surface area contributed by atoms with Gasteiger partial charge >= 0.3 is 0 Å². The van der Waals surface area contributed by atoms with Crippen molar-refractivity contribution in [2.24, 2.45) is 15.8 Å². The maximum Gasteiger partial charge on any atom is 0.286 e. The summed E-state index contributed by atoms with van der Waals surface area (Å²) in [6.45, 7) is 6.17. The third kappa shape index (κ3) is 3.74. The zero-order chi connectivity index (χ0) is 20.5. The van der Waals surface area contributed by atoms with Crippen LogP contribution in [0.3, 0.4) is 0 Å². The molecule has 0 fully saturated rings. The van der Waals surface area contributed by atoms with E-state index in [2.05, 4.69) is 20.4 Å². The van der Waals surface area contributed by atoms with Crippen LogP contribution in [0.15, 0.2) is 40.4 Å². The largest absolute Gasteiger partial charge is 0.369 e. The molecule has 2 heterocycles. The molecule has 1 aliphatic rings. The van der Waals surface area contributed by atoms with Gasteiger partial charge in [-0.15, -0.1) is 4.59 Å². The summed E-state index contributed by atoms with van der Waals surface area (Å²) in [5.74, 6) is -0.505. The molecule has 146 valence electrons. The van der Waals surface area contributed by atoms with Gasteiger partial charge in [0.25, 0.3) is 5.96 Å². The van der Waals surface area contributed by atoms with E-state index in [0.29, 0.717) is 12.4 Å². The van der Waals surface area contributed by atoms with Gasteiger partial charge in [-0.2, -0.15) is 4.99 Å². The van der Waals surface area contributed by atoms with Gasteiger partial charge in [0, 0.05) is 23.5 Å². The molecule has 1 aromatic heterocycles. The summed E-state index contributed by atoms with van der Waals surface area (Å²) in [5.41, 5.74) is 8.02. The Bertz CT molecular complexity index is 986. The molecule has 3 rings (SSSR count). The van der Waals surface area contributed by atoms with E-state index >= 15 is 0 Å². The summed E-state index contributed by atoms with van der Waals surface area (Å²) in [6, 6.07) is 8.38. The molecule has 7 nitrogen and oxygen atoms in total. The van der Waals surface area contributed by atoms with Crippen LogP contribution in [0.5, 0.6) is 0 Å². The highest BCUT2D eigenvalue weighted by molar-refractivity contribution is 6.31. The molecule has 1 aromatic carbocycles. The number of anilines is 1. The molecule has 0 radical (unpaired) electrons. The fourth-order valence-corrected chi connectivity index (χ4v) is 3.39. The summed E-state index contributed by atoms with van der Waals surface area (Å²) >= 11 is 5.85. The Morgan fingerprint density at radius 1 is 1.29 bits per heavy atom. The molecule has 0 spiro atoms. The molecule has 1 atom stereocenters. The highest BCUT2D eigenvalue weighted by atomic mass is 35.5. The zero-order valence-corrected chi connectivity index (χ0v) is 16.6. The monoisotopic (exact) mass is 403 g/mol. The molecule has 2 aromatic rings. The van der Waals surface area contributed by atoms with E-state index < -0.39 is 11.7 Å². The number of nitrogens with one attached hydrogen (secondary N) is 1. The zero-order valence-electron chi connectivity index (χ0n) is 15.8. The van der Waals surface area contributed by atoms with Crippen molar-refractivity contribution in [2.75, 3.05) is 11.9 Å². The van der Waals surface area contributed by atoms with Gasteiger partial charge in [-0.3, -0.25) is 9.78 Å². The number of pyridine rings is 1. The number of nitrogens with two attached hydrogens (primary N) is 1. The lowest BCUT2D eigenvalue weighted by Crippen LogP contribution is -2.49. The lowest BCUT2D eigenvalue weighted by atomic mass is 10.2. The number of aromatic nitrogens is 1. The summed E-state index contributed by atoms with van der Waals surface area (Å²) < 4.78 is 14.2. The predicted octanol–water partition coefficient (Wildman–Crippen LogP) is 3.49. The van der Waals surface area contributed by atoms with E-state index in [1.807, 2.05) is 32.9 Å². The van der Waals surface area contributed by atoms with Crippen LogP contribution in [0.25, 0.3) is 0 Å². The van der Waals surface area contributed by atoms with Crippen molar-refractivity contribution >= 4 is 40.7 Å². The molecule has 0 saturated heterocycles. The minimum absolute atomic E-state index is 0.0124. The van der Waals surface area contributed by atoms with Crippen molar-refractivity contribution in [1.82, 2.24) is 9.58 Å². The fraction of sp³-hybridized carbons (Fsp3) is 0.263. The number of aliphatic imine (C=N–C) groups is 1. The van der Waals surface area contributed by atoms with Gasteiger partial charge in [-0.1, -0.05) is 17.7 Å². The van der Waals surface area contributed by atoms with Crippen molar-refractivity contribution in [1.29, 1.82) is 0 Å². The maximum absolute atomic E-state index is 14.3. The SMILES string of the molecule is CC[N+]1(c2cc(C)nc(C)c2)N=C(Nc2cccc(Cl)c2F)N=C1CC(N)=O. The third-order valence-electron chi connectivity index (χ3n) is 4.41. The highest BCUT2D eigenvalue weighted by Crippen LogP contribution is 2.31. The van der Waals surface area contributed by atoms with E-state index in [9.17, 15) is 9.18 Å². The molecule has 3 N–H and O–H groups in total. The number of amides is 1. The number of hydrogen-bond acceptors (Lipinski definition) is 5. The lowest BCUT2D eigenvalue weighted by molar-refractivity contribution is -0.117. The first kappa shape index (κ1) is 19.9. The van der Waals surface area contributed by atoms with Crippen LogP contribution >= 0.6 is 11.6 Å². The predicted molar refractivity (Wildman–Crippen MR) is 110 cm³/mol. The minimum atomic E-state index is -0.601. The summed E-state index contributed by atoms with van der Waals surface area (Å²) in [5, 5.41) is 7.53. The topological polar surface area (TPSA) is 92.7 Å². The number of halogens is 2. The maximum atomic E-state index is 14.3. The van der Waals surface area contributed by atoms with Crippen LogP contribution < -0.4 is 15.6 Å². The molecule has 1 unspecified atom stereocenters. The first-order valence-corrected chi connectivity index (χ1v) is 9.14. The number of nitrogens with zero attached hydrogens (tertiary/aromatic N) is 4. The first-order valence-electron chi connectivity index (χ1n) is 8.77. The fourth-order valence-electron chi connectivity index (χ4n) is 3.22. The molecule has 1 aliphatic heterocycles. The number of benzene rings is 1. The second-order valence-electron chi connectivity index (χ2n) is 6.51. The van der Waals surface area contributed by atoms with Gasteiger partial charge in [-0.05, 0) is 38.0 Å². The number of carbonyl (C=O) groups excluding carboxylic acids is 1. The molecule has 0 bridgehead atoms. The van der Waals surface area contributed by atoms with Gasteiger partial charge in [0.15, 0.2) is 11.5 Å². The van der Waals surface area contributed by atoms with E-state index in [0.717, 1.165) is 17.1 Å². The number of amidine groups is 1. The van der Waals surface area contributed by atoms with E-state index in [1.54, 1.807) is 6.07 Å².